The van der Waals surface area contributed by atoms with E-state index in [0.29, 0.717) is 6.54 Å². The zero-order chi connectivity index (χ0) is 18.0. The number of nitrogens with zero attached hydrogens (tertiary/aromatic N) is 2. The molecule has 0 heterocycles. The molecular weight excluding hydrogens is 451 g/mol. The third kappa shape index (κ3) is 9.22. The maximum atomic E-state index is 11.4. The smallest absolute Gasteiger partial charge is 0.238 e. The third-order valence-corrected chi connectivity index (χ3v) is 4.56. The van der Waals surface area contributed by atoms with Crippen molar-refractivity contribution in [3.05, 3.63) is 42.5 Å². The fourth-order valence-corrected chi connectivity index (χ4v) is 2.90. The van der Waals surface area contributed by atoms with E-state index in [-0.39, 0.29) is 28.9 Å². The molecule has 1 aromatic carbocycles. The van der Waals surface area contributed by atoms with E-state index < -0.39 is 10.0 Å². The molecule has 0 saturated carbocycles. The van der Waals surface area contributed by atoms with Crippen LogP contribution in [-0.2, 0) is 16.6 Å². The highest BCUT2D eigenvalue weighted by molar-refractivity contribution is 14.0. The fraction of sp³-hybridized carbons (Fsp3) is 0.471. The Labute approximate surface area is 168 Å². The lowest BCUT2D eigenvalue weighted by Crippen LogP contribution is -2.39. The molecule has 25 heavy (non-hydrogen) atoms. The van der Waals surface area contributed by atoms with E-state index in [1.165, 1.54) is 6.07 Å². The van der Waals surface area contributed by atoms with Gasteiger partial charge in [0.25, 0.3) is 0 Å². The van der Waals surface area contributed by atoms with Gasteiger partial charge in [0.05, 0.1) is 4.90 Å². The average molecular weight is 480 g/mol. The second-order valence-corrected chi connectivity index (χ2v) is 7.21. The number of halogens is 1. The maximum absolute atomic E-state index is 11.4. The van der Waals surface area contributed by atoms with Crippen LogP contribution < -0.4 is 10.5 Å². The zero-order valence-corrected chi connectivity index (χ0v) is 18.1. The van der Waals surface area contributed by atoms with Crippen LogP contribution in [0.1, 0.15) is 31.2 Å². The van der Waals surface area contributed by atoms with Gasteiger partial charge in [-0.15, -0.1) is 30.6 Å². The molecule has 0 bridgehead atoms. The Morgan fingerprint density at radius 1 is 1.36 bits per heavy atom. The third-order valence-electron chi connectivity index (χ3n) is 3.65. The molecule has 6 nitrogen and oxygen atoms in total. The number of sulfonamides is 1. The fourth-order valence-electron chi connectivity index (χ4n) is 2.32. The molecule has 0 aliphatic rings. The van der Waals surface area contributed by atoms with Gasteiger partial charge in [-0.2, -0.15) is 0 Å². The number of aliphatic imine (C=N–C) groups is 1. The number of nitrogens with two attached hydrogens (primary N) is 1. The molecule has 1 aromatic rings. The van der Waals surface area contributed by atoms with Crippen LogP contribution in [0.15, 0.2) is 46.8 Å². The number of guanidine groups is 1. The Bertz CT molecular complexity index is 662. The van der Waals surface area contributed by atoms with Gasteiger partial charge in [0.15, 0.2) is 5.96 Å². The Hall–Kier alpha value is -1.13. The normalized spacial score (nSPS) is 11.6. The molecule has 142 valence electrons. The summed E-state index contributed by atoms with van der Waals surface area (Å²) < 4.78 is 22.8. The SMILES string of the molecule is C=CCCCCCN(C)C(=NC)NCc1cccc(S(N)(=O)=O)c1.I. The van der Waals surface area contributed by atoms with Gasteiger partial charge in [-0.3, -0.25) is 4.99 Å². The predicted molar refractivity (Wildman–Crippen MR) is 115 cm³/mol. The first-order valence-electron chi connectivity index (χ1n) is 8.03. The summed E-state index contributed by atoms with van der Waals surface area (Å²) in [4.78, 5) is 6.45. The molecule has 1 rings (SSSR count). The van der Waals surface area contributed by atoms with Crippen LogP contribution in [0.2, 0.25) is 0 Å². The lowest BCUT2D eigenvalue weighted by atomic mass is 10.2. The van der Waals surface area contributed by atoms with E-state index in [1.807, 2.05) is 19.2 Å². The summed E-state index contributed by atoms with van der Waals surface area (Å²) in [5, 5.41) is 8.40. The zero-order valence-electron chi connectivity index (χ0n) is 14.9. The molecule has 8 heteroatoms. The summed E-state index contributed by atoms with van der Waals surface area (Å²) in [7, 11) is 0.0421. The number of rotatable bonds is 9. The Kier molecular flexibility index (Phi) is 11.7. The number of benzene rings is 1. The van der Waals surface area contributed by atoms with Gasteiger partial charge in [0.2, 0.25) is 10.0 Å². The first-order valence-corrected chi connectivity index (χ1v) is 9.57. The van der Waals surface area contributed by atoms with E-state index in [0.717, 1.165) is 43.8 Å². The van der Waals surface area contributed by atoms with Crippen LogP contribution in [0.25, 0.3) is 0 Å². The lowest BCUT2D eigenvalue weighted by molar-refractivity contribution is 0.455. The van der Waals surface area contributed by atoms with Crippen molar-refractivity contribution in [3.63, 3.8) is 0 Å². The summed E-state index contributed by atoms with van der Waals surface area (Å²) in [5.41, 5.74) is 0.835. The van der Waals surface area contributed by atoms with Crippen LogP contribution >= 0.6 is 24.0 Å². The Morgan fingerprint density at radius 3 is 2.68 bits per heavy atom. The molecule has 0 aliphatic heterocycles. The van der Waals surface area contributed by atoms with Crippen molar-refractivity contribution in [1.29, 1.82) is 0 Å². The van der Waals surface area contributed by atoms with Crippen molar-refractivity contribution in [2.24, 2.45) is 10.1 Å². The molecule has 3 N–H and O–H groups in total. The summed E-state index contributed by atoms with van der Waals surface area (Å²) in [6.07, 6.45) is 6.40. The number of allylic oxidation sites excluding steroid dienone is 1. The Morgan fingerprint density at radius 2 is 2.08 bits per heavy atom. The average Bonchev–Trinajstić information content (AvgIpc) is 2.54. The number of hydrogen-bond acceptors (Lipinski definition) is 3. The quantitative estimate of drug-likeness (QED) is 0.187. The van der Waals surface area contributed by atoms with Gasteiger partial charge >= 0.3 is 0 Å². The molecular formula is C17H29IN4O2S. The van der Waals surface area contributed by atoms with Crippen LogP contribution in [0.4, 0.5) is 0 Å². The molecule has 0 atom stereocenters. The summed E-state index contributed by atoms with van der Waals surface area (Å²) in [6.45, 7) is 5.12. The van der Waals surface area contributed by atoms with Crippen molar-refractivity contribution in [3.8, 4) is 0 Å². The van der Waals surface area contributed by atoms with E-state index in [1.54, 1.807) is 19.2 Å². The van der Waals surface area contributed by atoms with Crippen LogP contribution in [0.5, 0.6) is 0 Å². The van der Waals surface area contributed by atoms with Crippen molar-refractivity contribution in [2.75, 3.05) is 20.6 Å². The predicted octanol–water partition coefficient (Wildman–Crippen LogP) is 2.71. The highest BCUT2D eigenvalue weighted by Crippen LogP contribution is 2.09. The first-order chi connectivity index (χ1) is 11.4. The molecule has 0 radical (unpaired) electrons. The van der Waals surface area contributed by atoms with Gasteiger partial charge in [0, 0.05) is 27.2 Å². The lowest BCUT2D eigenvalue weighted by Gasteiger charge is -2.22. The second-order valence-electron chi connectivity index (χ2n) is 5.65. The highest BCUT2D eigenvalue weighted by atomic mass is 127. The van der Waals surface area contributed by atoms with Gasteiger partial charge in [-0.05, 0) is 37.0 Å². The van der Waals surface area contributed by atoms with Gasteiger partial charge in [-0.25, -0.2) is 13.6 Å². The van der Waals surface area contributed by atoms with E-state index in [9.17, 15) is 8.42 Å². The minimum Gasteiger partial charge on any atom is -0.352 e. The molecule has 0 unspecified atom stereocenters. The largest absolute Gasteiger partial charge is 0.352 e. The van der Waals surface area contributed by atoms with Gasteiger partial charge in [0.1, 0.15) is 0 Å². The van der Waals surface area contributed by atoms with E-state index >= 15 is 0 Å². The summed E-state index contributed by atoms with van der Waals surface area (Å²) in [6, 6.07) is 6.60. The number of primary sulfonamides is 1. The Balaban J connectivity index is 0.00000576. The molecule has 0 aliphatic carbocycles. The minimum absolute atomic E-state index is 0. The minimum atomic E-state index is -3.68. The molecule has 0 fully saturated rings. The summed E-state index contributed by atoms with van der Waals surface area (Å²) >= 11 is 0. The van der Waals surface area contributed by atoms with Crippen molar-refractivity contribution in [1.82, 2.24) is 10.2 Å². The van der Waals surface area contributed by atoms with Crippen molar-refractivity contribution in [2.45, 2.75) is 37.1 Å². The van der Waals surface area contributed by atoms with Crippen molar-refractivity contribution < 1.29 is 8.42 Å². The standard InChI is InChI=1S/C17H28N4O2S.HI/c1-4-5-6-7-8-12-21(3)17(19-2)20-14-15-10-9-11-16(13-15)24(18,22)23;/h4,9-11,13H,1,5-8,12,14H2,2-3H3,(H,19,20)(H2,18,22,23);1H. The number of nitrogens with one attached hydrogen (secondary N) is 1. The van der Waals surface area contributed by atoms with Crippen LogP contribution in [0.3, 0.4) is 0 Å². The molecule has 0 spiro atoms. The van der Waals surface area contributed by atoms with Gasteiger partial charge in [-0.1, -0.05) is 24.6 Å². The van der Waals surface area contributed by atoms with Gasteiger partial charge < -0.3 is 10.2 Å². The number of hydrogen-bond donors (Lipinski definition) is 2. The topological polar surface area (TPSA) is 87.8 Å². The van der Waals surface area contributed by atoms with Crippen LogP contribution in [-0.4, -0.2) is 39.9 Å². The molecule has 0 amide bonds. The first kappa shape index (κ1) is 23.9. The monoisotopic (exact) mass is 480 g/mol. The summed E-state index contributed by atoms with van der Waals surface area (Å²) in [5.74, 6) is 0.778. The van der Waals surface area contributed by atoms with E-state index in [4.69, 9.17) is 5.14 Å². The van der Waals surface area contributed by atoms with E-state index in [2.05, 4.69) is 21.8 Å². The second kappa shape index (κ2) is 12.3. The van der Waals surface area contributed by atoms with Crippen LogP contribution in [0, 0.1) is 0 Å². The molecule has 0 saturated heterocycles. The highest BCUT2D eigenvalue weighted by Gasteiger charge is 2.09. The van der Waals surface area contributed by atoms with Crippen molar-refractivity contribution >= 4 is 40.0 Å². The molecule has 0 aromatic heterocycles. The maximum Gasteiger partial charge on any atom is 0.238 e. The number of unbranched alkanes of at least 4 members (excludes halogenated alkanes) is 3.